The van der Waals surface area contributed by atoms with Crippen LogP contribution in [-0.4, -0.2) is 38.6 Å². The number of methoxy groups -OCH3 is 1. The van der Waals surface area contributed by atoms with Crippen molar-refractivity contribution in [1.82, 2.24) is 24.9 Å². The van der Waals surface area contributed by atoms with E-state index in [1.807, 2.05) is 42.6 Å². The van der Waals surface area contributed by atoms with Crippen LogP contribution in [0.1, 0.15) is 5.56 Å². The molecule has 5 rings (SSSR count). The summed E-state index contributed by atoms with van der Waals surface area (Å²) >= 11 is 0. The zero-order valence-electron chi connectivity index (χ0n) is 16.4. The van der Waals surface area contributed by atoms with Gasteiger partial charge in [-0.2, -0.15) is 4.98 Å². The number of imidazole rings is 1. The number of anilines is 2. The van der Waals surface area contributed by atoms with Gasteiger partial charge in [-0.1, -0.05) is 6.07 Å². The minimum absolute atomic E-state index is 0.430. The zero-order valence-corrected chi connectivity index (χ0v) is 16.4. The molecule has 0 aliphatic heterocycles. The largest absolute Gasteiger partial charge is 0.497 e. The Morgan fingerprint density at radius 3 is 2.83 bits per heavy atom. The molecular weight excluding hydrogens is 378 g/mol. The summed E-state index contributed by atoms with van der Waals surface area (Å²) in [7, 11) is 1.67. The number of rotatable bonds is 6. The van der Waals surface area contributed by atoms with Crippen molar-refractivity contribution in [3.63, 3.8) is 0 Å². The van der Waals surface area contributed by atoms with E-state index in [9.17, 15) is 0 Å². The SMILES string of the molecule is COc1ccc2[nH]cc(CCNc3ncc(-c4ccc5[nH]cnc5c4)c(N)n3)c2c1. The smallest absolute Gasteiger partial charge is 0.224 e. The summed E-state index contributed by atoms with van der Waals surface area (Å²) in [4.78, 5) is 19.5. The molecular formula is C22H21N7O. The average molecular weight is 399 g/mol. The second-order valence-corrected chi connectivity index (χ2v) is 7.03. The summed E-state index contributed by atoms with van der Waals surface area (Å²) in [6, 6.07) is 11.9. The maximum absolute atomic E-state index is 6.21. The molecule has 0 bridgehead atoms. The third-order valence-electron chi connectivity index (χ3n) is 5.20. The Labute approximate surface area is 172 Å². The summed E-state index contributed by atoms with van der Waals surface area (Å²) < 4.78 is 5.33. The van der Waals surface area contributed by atoms with Crippen molar-refractivity contribution >= 4 is 33.7 Å². The van der Waals surface area contributed by atoms with Crippen LogP contribution in [0.3, 0.4) is 0 Å². The second kappa shape index (κ2) is 7.40. The van der Waals surface area contributed by atoms with Gasteiger partial charge in [-0.25, -0.2) is 9.97 Å². The van der Waals surface area contributed by atoms with E-state index in [2.05, 4.69) is 30.2 Å². The molecule has 0 fully saturated rings. The molecule has 0 saturated carbocycles. The highest BCUT2D eigenvalue weighted by atomic mass is 16.5. The minimum atomic E-state index is 0.430. The van der Waals surface area contributed by atoms with Crippen LogP contribution in [0.5, 0.6) is 5.75 Å². The number of H-pyrrole nitrogens is 2. The number of nitrogens with two attached hydrogens (primary N) is 1. The topological polar surface area (TPSA) is 118 Å². The quantitative estimate of drug-likeness (QED) is 0.345. The Kier molecular flexibility index (Phi) is 4.44. The van der Waals surface area contributed by atoms with Gasteiger partial charge in [0, 0.05) is 35.4 Å². The second-order valence-electron chi connectivity index (χ2n) is 7.03. The van der Waals surface area contributed by atoms with Crippen molar-refractivity contribution in [2.75, 3.05) is 24.7 Å². The number of aromatic amines is 2. The lowest BCUT2D eigenvalue weighted by Gasteiger charge is -2.09. The number of nitrogens with one attached hydrogen (secondary N) is 3. The summed E-state index contributed by atoms with van der Waals surface area (Å²) in [6.07, 6.45) is 6.25. The minimum Gasteiger partial charge on any atom is -0.497 e. The van der Waals surface area contributed by atoms with Crippen LogP contribution in [0.25, 0.3) is 33.1 Å². The highest BCUT2D eigenvalue weighted by molar-refractivity contribution is 5.85. The highest BCUT2D eigenvalue weighted by Crippen LogP contribution is 2.27. The van der Waals surface area contributed by atoms with Crippen molar-refractivity contribution in [1.29, 1.82) is 0 Å². The summed E-state index contributed by atoms with van der Waals surface area (Å²) in [5, 5.41) is 4.41. The van der Waals surface area contributed by atoms with E-state index in [0.29, 0.717) is 18.3 Å². The molecule has 0 radical (unpaired) electrons. The molecule has 5 aromatic rings. The Bertz CT molecular complexity index is 1340. The Hall–Kier alpha value is -4.07. The first kappa shape index (κ1) is 18.0. The van der Waals surface area contributed by atoms with Gasteiger partial charge in [0.25, 0.3) is 0 Å². The predicted molar refractivity (Wildman–Crippen MR) is 119 cm³/mol. The van der Waals surface area contributed by atoms with Gasteiger partial charge in [0.1, 0.15) is 11.6 Å². The summed E-state index contributed by atoms with van der Waals surface area (Å²) in [5.41, 5.74) is 12.1. The van der Waals surface area contributed by atoms with Crippen LogP contribution < -0.4 is 15.8 Å². The van der Waals surface area contributed by atoms with Crippen molar-refractivity contribution in [3.8, 4) is 16.9 Å². The van der Waals surface area contributed by atoms with Crippen LogP contribution >= 0.6 is 0 Å². The molecule has 5 N–H and O–H groups in total. The number of nitrogens with zero attached hydrogens (tertiary/aromatic N) is 3. The van der Waals surface area contributed by atoms with E-state index >= 15 is 0 Å². The van der Waals surface area contributed by atoms with Gasteiger partial charge in [-0.05, 0) is 47.9 Å². The Morgan fingerprint density at radius 2 is 1.97 bits per heavy atom. The monoisotopic (exact) mass is 399 g/mol. The number of hydrogen-bond donors (Lipinski definition) is 4. The van der Waals surface area contributed by atoms with Crippen LogP contribution in [0.2, 0.25) is 0 Å². The number of hydrogen-bond acceptors (Lipinski definition) is 6. The number of fused-ring (bicyclic) bond motifs is 2. The van der Waals surface area contributed by atoms with Gasteiger partial charge in [0.2, 0.25) is 5.95 Å². The molecule has 2 aromatic carbocycles. The third kappa shape index (κ3) is 3.28. The zero-order chi connectivity index (χ0) is 20.5. The van der Waals surface area contributed by atoms with Gasteiger partial charge in [-0.3, -0.25) is 0 Å². The van der Waals surface area contributed by atoms with E-state index in [1.54, 1.807) is 19.6 Å². The molecule has 0 unspecified atom stereocenters. The van der Waals surface area contributed by atoms with E-state index in [1.165, 1.54) is 5.56 Å². The lowest BCUT2D eigenvalue weighted by molar-refractivity contribution is 0.415. The van der Waals surface area contributed by atoms with Gasteiger partial charge in [0.15, 0.2) is 0 Å². The Balaban J connectivity index is 1.30. The number of benzene rings is 2. The van der Waals surface area contributed by atoms with Crippen LogP contribution in [-0.2, 0) is 6.42 Å². The van der Waals surface area contributed by atoms with E-state index in [0.717, 1.165) is 45.2 Å². The maximum atomic E-state index is 6.21. The third-order valence-corrected chi connectivity index (χ3v) is 5.20. The van der Waals surface area contributed by atoms with Crippen LogP contribution in [0.15, 0.2) is 55.1 Å². The first-order valence-corrected chi connectivity index (χ1v) is 9.65. The molecule has 0 aliphatic rings. The molecule has 30 heavy (non-hydrogen) atoms. The highest BCUT2D eigenvalue weighted by Gasteiger charge is 2.09. The van der Waals surface area contributed by atoms with Crippen molar-refractivity contribution in [2.24, 2.45) is 0 Å². The standard InChI is InChI=1S/C22H21N7O/c1-30-15-3-5-18-16(9-15)14(10-25-18)6-7-24-22-26-11-17(21(23)29-22)13-2-4-19-20(8-13)28-12-27-19/h2-5,8-12,25H,6-7H2,1H3,(H,27,28)(H3,23,24,26,29). The summed E-state index contributed by atoms with van der Waals surface area (Å²) in [5.74, 6) is 1.78. The van der Waals surface area contributed by atoms with E-state index < -0.39 is 0 Å². The van der Waals surface area contributed by atoms with Crippen LogP contribution in [0.4, 0.5) is 11.8 Å². The van der Waals surface area contributed by atoms with Crippen molar-refractivity contribution in [3.05, 3.63) is 60.7 Å². The molecule has 8 heteroatoms. The molecule has 3 heterocycles. The van der Waals surface area contributed by atoms with Crippen molar-refractivity contribution in [2.45, 2.75) is 6.42 Å². The van der Waals surface area contributed by atoms with Gasteiger partial charge in [-0.15, -0.1) is 0 Å². The maximum Gasteiger partial charge on any atom is 0.224 e. The summed E-state index contributed by atoms with van der Waals surface area (Å²) in [6.45, 7) is 0.683. The Morgan fingerprint density at radius 1 is 1.07 bits per heavy atom. The molecule has 3 aromatic heterocycles. The predicted octanol–water partition coefficient (Wildman–Crippen LogP) is 3.75. The normalized spacial score (nSPS) is 11.2. The average Bonchev–Trinajstić information content (AvgIpc) is 3.40. The fraction of sp³-hybridized carbons (Fsp3) is 0.136. The molecule has 0 atom stereocenters. The van der Waals surface area contributed by atoms with E-state index in [-0.39, 0.29) is 0 Å². The molecule has 8 nitrogen and oxygen atoms in total. The fourth-order valence-corrected chi connectivity index (χ4v) is 3.60. The van der Waals surface area contributed by atoms with Gasteiger partial charge < -0.3 is 25.8 Å². The molecule has 150 valence electrons. The van der Waals surface area contributed by atoms with Crippen LogP contribution in [0, 0.1) is 0 Å². The van der Waals surface area contributed by atoms with E-state index in [4.69, 9.17) is 10.5 Å². The van der Waals surface area contributed by atoms with Gasteiger partial charge in [0.05, 0.1) is 24.5 Å². The first-order valence-electron chi connectivity index (χ1n) is 9.65. The number of nitrogen functional groups attached to an aromatic ring is 1. The first-order chi connectivity index (χ1) is 14.7. The number of aromatic nitrogens is 5. The molecule has 0 amide bonds. The van der Waals surface area contributed by atoms with Crippen molar-refractivity contribution < 1.29 is 4.74 Å². The lowest BCUT2D eigenvalue weighted by atomic mass is 10.1. The molecule has 0 saturated heterocycles. The lowest BCUT2D eigenvalue weighted by Crippen LogP contribution is -2.09. The fourth-order valence-electron chi connectivity index (χ4n) is 3.60. The van der Waals surface area contributed by atoms with Gasteiger partial charge >= 0.3 is 0 Å². The molecule has 0 aliphatic carbocycles. The molecule has 0 spiro atoms. The number of ether oxygens (including phenoxy) is 1.